The van der Waals surface area contributed by atoms with Crippen molar-refractivity contribution in [3.8, 4) is 0 Å². The molecule has 2 aromatic carbocycles. The van der Waals surface area contributed by atoms with Crippen LogP contribution in [0.2, 0.25) is 5.02 Å². The maximum absolute atomic E-state index is 13.1. The third-order valence-corrected chi connectivity index (χ3v) is 6.03. The second-order valence-electron chi connectivity index (χ2n) is 7.05. The summed E-state index contributed by atoms with van der Waals surface area (Å²) in [6.45, 7) is 6.09. The number of aromatic nitrogens is 2. The van der Waals surface area contributed by atoms with E-state index in [0.29, 0.717) is 27.6 Å². The Morgan fingerprint density at radius 2 is 1.93 bits per heavy atom. The average Bonchev–Trinajstić information content (AvgIpc) is 2.71. The van der Waals surface area contributed by atoms with Crippen LogP contribution in [0.25, 0.3) is 10.9 Å². The van der Waals surface area contributed by atoms with Crippen molar-refractivity contribution in [2.45, 2.75) is 50.2 Å². The Labute approximate surface area is 183 Å². The molecule has 0 saturated heterocycles. The van der Waals surface area contributed by atoms with Crippen molar-refractivity contribution in [2.24, 2.45) is 0 Å². The summed E-state index contributed by atoms with van der Waals surface area (Å²) in [4.78, 5) is 30.3. The molecule has 1 amide bonds. The number of hydrogen-bond acceptors (Lipinski definition) is 4. The van der Waals surface area contributed by atoms with E-state index in [1.54, 1.807) is 41.8 Å². The fourth-order valence-electron chi connectivity index (χ4n) is 3.06. The molecule has 1 heterocycles. The SMILES string of the molecule is CCCn1c(S[C@H](C)C(=O)N[C@H](C)c2ccc(F)cc2)nc2cc(Cl)ccc2c1=O. The first-order valence-electron chi connectivity index (χ1n) is 9.72. The summed E-state index contributed by atoms with van der Waals surface area (Å²) in [6.07, 6.45) is 0.760. The van der Waals surface area contributed by atoms with Crippen LogP contribution >= 0.6 is 23.4 Å². The molecule has 8 heteroatoms. The van der Waals surface area contributed by atoms with Crippen LogP contribution in [0.3, 0.4) is 0 Å². The van der Waals surface area contributed by atoms with Crippen LogP contribution in [0, 0.1) is 5.82 Å². The molecule has 0 unspecified atom stereocenters. The van der Waals surface area contributed by atoms with Gasteiger partial charge in [0.15, 0.2) is 5.16 Å². The molecule has 158 valence electrons. The average molecular weight is 448 g/mol. The van der Waals surface area contributed by atoms with E-state index in [-0.39, 0.29) is 23.3 Å². The number of benzene rings is 2. The number of hydrogen-bond donors (Lipinski definition) is 1. The number of nitrogens with zero attached hydrogens (tertiary/aromatic N) is 2. The van der Waals surface area contributed by atoms with Crippen molar-refractivity contribution in [1.82, 2.24) is 14.9 Å². The van der Waals surface area contributed by atoms with Crippen molar-refractivity contribution < 1.29 is 9.18 Å². The lowest BCUT2D eigenvalue weighted by atomic mass is 10.1. The summed E-state index contributed by atoms with van der Waals surface area (Å²) < 4.78 is 14.7. The van der Waals surface area contributed by atoms with E-state index in [0.717, 1.165) is 12.0 Å². The van der Waals surface area contributed by atoms with Crippen molar-refractivity contribution in [3.63, 3.8) is 0 Å². The zero-order valence-corrected chi connectivity index (χ0v) is 18.6. The maximum atomic E-state index is 13.1. The fourth-order valence-corrected chi connectivity index (χ4v) is 4.17. The molecule has 0 aliphatic carbocycles. The van der Waals surface area contributed by atoms with E-state index >= 15 is 0 Å². The van der Waals surface area contributed by atoms with Crippen LogP contribution in [0.5, 0.6) is 0 Å². The highest BCUT2D eigenvalue weighted by Crippen LogP contribution is 2.25. The van der Waals surface area contributed by atoms with E-state index in [1.807, 2.05) is 13.8 Å². The highest BCUT2D eigenvalue weighted by molar-refractivity contribution is 8.00. The van der Waals surface area contributed by atoms with E-state index in [4.69, 9.17) is 11.6 Å². The van der Waals surface area contributed by atoms with Gasteiger partial charge in [-0.15, -0.1) is 0 Å². The lowest BCUT2D eigenvalue weighted by Gasteiger charge is -2.19. The largest absolute Gasteiger partial charge is 0.349 e. The van der Waals surface area contributed by atoms with Crippen LogP contribution < -0.4 is 10.9 Å². The Morgan fingerprint density at radius 3 is 2.60 bits per heavy atom. The standard InChI is InChI=1S/C22H23ClFN3O2S/c1-4-11-27-21(29)18-10-7-16(23)12-19(18)26-22(27)30-14(3)20(28)25-13(2)15-5-8-17(24)9-6-15/h5-10,12-14H,4,11H2,1-3H3,(H,25,28)/t13-,14-/m1/s1. The molecular formula is C22H23ClFN3O2S. The summed E-state index contributed by atoms with van der Waals surface area (Å²) in [5, 5.41) is 3.92. The summed E-state index contributed by atoms with van der Waals surface area (Å²) in [6, 6.07) is 10.7. The van der Waals surface area contributed by atoms with E-state index in [1.165, 1.54) is 23.9 Å². The second kappa shape index (κ2) is 9.62. The summed E-state index contributed by atoms with van der Waals surface area (Å²) in [7, 11) is 0. The number of rotatable bonds is 7. The molecule has 0 aliphatic heterocycles. The Kier molecular flexibility index (Phi) is 7.15. The quantitative estimate of drug-likeness (QED) is 0.411. The molecule has 0 bridgehead atoms. The lowest BCUT2D eigenvalue weighted by molar-refractivity contribution is -0.120. The number of amides is 1. The Bertz CT molecular complexity index is 1120. The molecule has 0 aliphatic rings. The Morgan fingerprint density at radius 1 is 1.23 bits per heavy atom. The molecule has 0 saturated carbocycles. The van der Waals surface area contributed by atoms with Crippen molar-refractivity contribution in [2.75, 3.05) is 0 Å². The van der Waals surface area contributed by atoms with Crippen molar-refractivity contribution in [3.05, 3.63) is 69.2 Å². The number of halogens is 2. The van der Waals surface area contributed by atoms with E-state index in [2.05, 4.69) is 10.3 Å². The van der Waals surface area contributed by atoms with Gasteiger partial charge in [-0.2, -0.15) is 0 Å². The smallest absolute Gasteiger partial charge is 0.262 e. The minimum absolute atomic E-state index is 0.145. The minimum atomic E-state index is -0.487. The zero-order chi connectivity index (χ0) is 21.8. The first kappa shape index (κ1) is 22.3. The number of fused-ring (bicyclic) bond motifs is 1. The van der Waals surface area contributed by atoms with Gasteiger partial charge in [0.1, 0.15) is 5.82 Å². The molecule has 0 fully saturated rings. The maximum Gasteiger partial charge on any atom is 0.262 e. The van der Waals surface area contributed by atoms with Crippen LogP contribution in [-0.4, -0.2) is 20.7 Å². The molecule has 1 N–H and O–H groups in total. The molecule has 0 spiro atoms. The van der Waals surface area contributed by atoms with Gasteiger partial charge in [0.2, 0.25) is 5.91 Å². The van der Waals surface area contributed by atoms with Crippen LogP contribution in [0.15, 0.2) is 52.4 Å². The number of thioether (sulfide) groups is 1. The second-order valence-corrected chi connectivity index (χ2v) is 8.80. The highest BCUT2D eigenvalue weighted by atomic mass is 35.5. The highest BCUT2D eigenvalue weighted by Gasteiger charge is 2.21. The van der Waals surface area contributed by atoms with Gasteiger partial charge in [0.25, 0.3) is 5.56 Å². The topological polar surface area (TPSA) is 64.0 Å². The van der Waals surface area contributed by atoms with Gasteiger partial charge < -0.3 is 5.32 Å². The van der Waals surface area contributed by atoms with Crippen molar-refractivity contribution in [1.29, 1.82) is 0 Å². The lowest BCUT2D eigenvalue weighted by Crippen LogP contribution is -2.34. The van der Waals surface area contributed by atoms with Gasteiger partial charge in [-0.05, 0) is 56.2 Å². The van der Waals surface area contributed by atoms with Crippen LogP contribution in [-0.2, 0) is 11.3 Å². The fraction of sp³-hybridized carbons (Fsp3) is 0.318. The zero-order valence-electron chi connectivity index (χ0n) is 17.0. The van der Waals surface area contributed by atoms with Gasteiger partial charge in [-0.3, -0.25) is 14.2 Å². The molecule has 5 nitrogen and oxygen atoms in total. The third-order valence-electron chi connectivity index (χ3n) is 4.71. The monoisotopic (exact) mass is 447 g/mol. The van der Waals surface area contributed by atoms with Crippen LogP contribution in [0.4, 0.5) is 4.39 Å². The summed E-state index contributed by atoms with van der Waals surface area (Å²) in [5.74, 6) is -0.516. The molecule has 0 radical (unpaired) electrons. The summed E-state index contributed by atoms with van der Waals surface area (Å²) >= 11 is 7.29. The van der Waals surface area contributed by atoms with Gasteiger partial charge in [0, 0.05) is 11.6 Å². The number of nitrogens with one attached hydrogen (secondary N) is 1. The predicted octanol–water partition coefficient (Wildman–Crippen LogP) is 4.96. The van der Waals surface area contributed by atoms with Crippen molar-refractivity contribution >= 4 is 40.2 Å². The van der Waals surface area contributed by atoms with Gasteiger partial charge in [0.05, 0.1) is 22.2 Å². The molecule has 1 aromatic heterocycles. The number of carbonyl (C=O) groups excluding carboxylic acids is 1. The third kappa shape index (κ3) is 5.02. The number of carbonyl (C=O) groups is 1. The summed E-state index contributed by atoms with van der Waals surface area (Å²) in [5.41, 5.74) is 1.17. The van der Waals surface area contributed by atoms with Gasteiger partial charge in [-0.25, -0.2) is 9.37 Å². The molecular weight excluding hydrogens is 425 g/mol. The molecule has 3 aromatic rings. The Balaban J connectivity index is 1.83. The first-order valence-corrected chi connectivity index (χ1v) is 11.0. The normalized spacial score (nSPS) is 13.2. The molecule has 3 rings (SSSR count). The van der Waals surface area contributed by atoms with Crippen LogP contribution in [0.1, 0.15) is 38.8 Å². The molecule has 30 heavy (non-hydrogen) atoms. The van der Waals surface area contributed by atoms with E-state index in [9.17, 15) is 14.0 Å². The Hall–Kier alpha value is -2.38. The first-order chi connectivity index (χ1) is 14.3. The minimum Gasteiger partial charge on any atom is -0.349 e. The van der Waals surface area contributed by atoms with Gasteiger partial charge >= 0.3 is 0 Å². The molecule has 2 atom stereocenters. The van der Waals surface area contributed by atoms with Gasteiger partial charge in [-0.1, -0.05) is 42.4 Å². The predicted molar refractivity (Wildman–Crippen MR) is 120 cm³/mol. The van der Waals surface area contributed by atoms with E-state index < -0.39 is 5.25 Å².